The minimum atomic E-state index is -0.713. The van der Waals surface area contributed by atoms with Crippen molar-refractivity contribution in [1.82, 2.24) is 29.0 Å². The molecule has 0 N–H and O–H groups in total. The van der Waals surface area contributed by atoms with Crippen molar-refractivity contribution in [1.29, 1.82) is 5.26 Å². The standard InChI is InChI=1S/C25H19F2N7O3/c26-16-3-1-15(2-4-16)23-30-24(37-31-23)20-22-25(35)33(8-7-32-9-11-36-12-10-32)21-17(13-28)18(27)5-6-19(21)34(22)14-29-20/h1-6,14H,7-12H2. The first kappa shape index (κ1) is 23.0. The van der Waals surface area contributed by atoms with E-state index >= 15 is 0 Å². The van der Waals surface area contributed by atoms with E-state index in [0.717, 1.165) is 0 Å². The van der Waals surface area contributed by atoms with Crippen LogP contribution >= 0.6 is 0 Å². The largest absolute Gasteiger partial charge is 0.379 e. The molecule has 0 aliphatic carbocycles. The average molecular weight is 503 g/mol. The number of nitrogens with zero attached hydrogens (tertiary/aromatic N) is 7. The summed E-state index contributed by atoms with van der Waals surface area (Å²) in [4.78, 5) is 24.7. The molecule has 0 atom stereocenters. The normalized spacial score (nSPS) is 14.4. The second kappa shape index (κ2) is 9.20. The summed E-state index contributed by atoms with van der Waals surface area (Å²) in [6, 6.07) is 10.2. The van der Waals surface area contributed by atoms with Gasteiger partial charge in [-0.3, -0.25) is 14.1 Å². The van der Waals surface area contributed by atoms with E-state index in [4.69, 9.17) is 9.26 Å². The van der Waals surface area contributed by atoms with Gasteiger partial charge in [0.2, 0.25) is 5.82 Å². The van der Waals surface area contributed by atoms with Crippen molar-refractivity contribution in [3.8, 4) is 29.0 Å². The highest BCUT2D eigenvalue weighted by Crippen LogP contribution is 2.27. The second-order valence-corrected chi connectivity index (χ2v) is 8.55. The zero-order valence-corrected chi connectivity index (χ0v) is 19.4. The maximum Gasteiger partial charge on any atom is 0.279 e. The summed E-state index contributed by atoms with van der Waals surface area (Å²) < 4.78 is 41.7. The molecule has 0 saturated carbocycles. The van der Waals surface area contributed by atoms with Crippen LogP contribution in [0.4, 0.5) is 8.78 Å². The number of hydrogen-bond acceptors (Lipinski definition) is 8. The van der Waals surface area contributed by atoms with Gasteiger partial charge in [0.05, 0.1) is 24.2 Å². The number of imidazole rings is 1. The number of benzene rings is 2. The van der Waals surface area contributed by atoms with Gasteiger partial charge in [0.15, 0.2) is 5.69 Å². The molecule has 0 amide bonds. The first-order chi connectivity index (χ1) is 18.0. The summed E-state index contributed by atoms with van der Waals surface area (Å²) >= 11 is 0. The van der Waals surface area contributed by atoms with Gasteiger partial charge in [0.25, 0.3) is 11.4 Å². The molecule has 1 saturated heterocycles. The second-order valence-electron chi connectivity index (χ2n) is 8.55. The predicted octanol–water partition coefficient (Wildman–Crippen LogP) is 2.85. The Kier molecular flexibility index (Phi) is 5.71. The number of aromatic nitrogens is 5. The molecule has 0 bridgehead atoms. The first-order valence-electron chi connectivity index (χ1n) is 11.6. The predicted molar refractivity (Wildman–Crippen MR) is 128 cm³/mol. The van der Waals surface area contributed by atoms with Crippen molar-refractivity contribution in [2.75, 3.05) is 32.8 Å². The van der Waals surface area contributed by atoms with Crippen LogP contribution in [0.25, 0.3) is 39.5 Å². The summed E-state index contributed by atoms with van der Waals surface area (Å²) in [5, 5.41) is 13.7. The minimum Gasteiger partial charge on any atom is -0.379 e. The molecule has 2 aromatic carbocycles. The van der Waals surface area contributed by atoms with E-state index in [1.807, 2.05) is 6.07 Å². The Morgan fingerprint density at radius 3 is 2.57 bits per heavy atom. The Hall–Kier alpha value is -4.47. The summed E-state index contributed by atoms with van der Waals surface area (Å²) in [6.07, 6.45) is 1.40. The molecule has 0 spiro atoms. The van der Waals surface area contributed by atoms with Gasteiger partial charge in [0, 0.05) is 31.7 Å². The first-order valence-corrected chi connectivity index (χ1v) is 11.6. The molecule has 10 nitrogen and oxygen atoms in total. The Balaban J connectivity index is 1.52. The van der Waals surface area contributed by atoms with Gasteiger partial charge >= 0.3 is 0 Å². The van der Waals surface area contributed by atoms with Gasteiger partial charge in [0.1, 0.15) is 35.1 Å². The van der Waals surface area contributed by atoms with Crippen LogP contribution in [-0.4, -0.2) is 61.8 Å². The van der Waals surface area contributed by atoms with Crippen LogP contribution in [0.2, 0.25) is 0 Å². The molecule has 1 aliphatic heterocycles. The van der Waals surface area contributed by atoms with Crippen LogP contribution in [0, 0.1) is 23.0 Å². The van der Waals surface area contributed by atoms with Crippen LogP contribution in [-0.2, 0) is 11.3 Å². The lowest BCUT2D eigenvalue weighted by Crippen LogP contribution is -2.39. The highest BCUT2D eigenvalue weighted by molar-refractivity contribution is 5.87. The summed E-state index contributed by atoms with van der Waals surface area (Å²) in [6.45, 7) is 3.33. The van der Waals surface area contributed by atoms with E-state index in [2.05, 4.69) is 20.0 Å². The molecule has 0 unspecified atom stereocenters. The zero-order valence-electron chi connectivity index (χ0n) is 19.4. The highest BCUT2D eigenvalue weighted by Gasteiger charge is 2.24. The molecule has 12 heteroatoms. The maximum absolute atomic E-state index is 14.6. The Morgan fingerprint density at radius 2 is 1.81 bits per heavy atom. The summed E-state index contributed by atoms with van der Waals surface area (Å²) in [5.41, 5.74) is 0.765. The van der Waals surface area contributed by atoms with Crippen molar-refractivity contribution in [2.24, 2.45) is 0 Å². The number of ether oxygens (including phenoxy) is 1. The number of morpholine rings is 1. The molecule has 3 aromatic heterocycles. The van der Waals surface area contributed by atoms with Gasteiger partial charge in [-0.2, -0.15) is 10.2 Å². The number of halogens is 2. The number of nitriles is 1. The fraction of sp³-hybridized carbons (Fsp3) is 0.240. The van der Waals surface area contributed by atoms with E-state index < -0.39 is 17.2 Å². The molecule has 1 aliphatic rings. The van der Waals surface area contributed by atoms with Gasteiger partial charge in [-0.15, -0.1) is 0 Å². The molecule has 0 radical (unpaired) electrons. The number of fused-ring (bicyclic) bond motifs is 3. The molecule has 186 valence electrons. The maximum atomic E-state index is 14.6. The quantitative estimate of drug-likeness (QED) is 0.360. The minimum absolute atomic E-state index is 0.000576. The molecular formula is C25H19F2N7O3. The third-order valence-electron chi connectivity index (χ3n) is 6.44. The monoisotopic (exact) mass is 503 g/mol. The van der Waals surface area contributed by atoms with Crippen LogP contribution in [0.1, 0.15) is 5.56 Å². The molecule has 37 heavy (non-hydrogen) atoms. The van der Waals surface area contributed by atoms with Crippen LogP contribution < -0.4 is 5.56 Å². The SMILES string of the molecule is N#Cc1c(F)ccc2c1n(CCN1CCOCC1)c(=O)c1c(-c3nc(-c4ccc(F)cc4)no3)ncn12. The van der Waals surface area contributed by atoms with Crippen molar-refractivity contribution >= 4 is 16.6 Å². The van der Waals surface area contributed by atoms with E-state index in [9.17, 15) is 18.8 Å². The van der Waals surface area contributed by atoms with Crippen molar-refractivity contribution < 1.29 is 18.0 Å². The summed E-state index contributed by atoms with van der Waals surface area (Å²) in [5.74, 6) is -0.903. The van der Waals surface area contributed by atoms with Gasteiger partial charge in [-0.05, 0) is 36.4 Å². The summed E-state index contributed by atoms with van der Waals surface area (Å²) in [7, 11) is 0. The third-order valence-corrected chi connectivity index (χ3v) is 6.44. The smallest absolute Gasteiger partial charge is 0.279 e. The topological polar surface area (TPSA) is 114 Å². The van der Waals surface area contributed by atoms with E-state index in [1.54, 1.807) is 0 Å². The highest BCUT2D eigenvalue weighted by atomic mass is 19.1. The Bertz CT molecular complexity index is 1730. The fourth-order valence-electron chi connectivity index (χ4n) is 4.57. The van der Waals surface area contributed by atoms with E-state index in [1.165, 1.54) is 51.7 Å². The van der Waals surface area contributed by atoms with Crippen LogP contribution in [0.3, 0.4) is 0 Å². The third kappa shape index (κ3) is 3.94. The number of rotatable bonds is 5. The van der Waals surface area contributed by atoms with Crippen molar-refractivity contribution in [3.05, 3.63) is 70.3 Å². The average Bonchev–Trinajstić information content (AvgIpc) is 3.58. The van der Waals surface area contributed by atoms with Crippen molar-refractivity contribution in [2.45, 2.75) is 6.54 Å². The fourth-order valence-corrected chi connectivity index (χ4v) is 4.57. The lowest BCUT2D eigenvalue weighted by molar-refractivity contribution is 0.0364. The molecule has 5 aromatic rings. The molecule has 1 fully saturated rings. The van der Waals surface area contributed by atoms with Gasteiger partial charge in [-0.25, -0.2) is 13.8 Å². The molecular weight excluding hydrogens is 484 g/mol. The zero-order chi connectivity index (χ0) is 25.5. The molecule has 6 rings (SSSR count). The lowest BCUT2D eigenvalue weighted by Gasteiger charge is -2.27. The van der Waals surface area contributed by atoms with Gasteiger partial charge in [-0.1, -0.05) is 5.16 Å². The molecule has 4 heterocycles. The van der Waals surface area contributed by atoms with Crippen LogP contribution in [0.5, 0.6) is 0 Å². The van der Waals surface area contributed by atoms with Crippen LogP contribution in [0.15, 0.2) is 52.0 Å². The lowest BCUT2D eigenvalue weighted by atomic mass is 10.1. The van der Waals surface area contributed by atoms with Crippen molar-refractivity contribution in [3.63, 3.8) is 0 Å². The Morgan fingerprint density at radius 1 is 1.03 bits per heavy atom. The van der Waals surface area contributed by atoms with Gasteiger partial charge < -0.3 is 13.8 Å². The number of hydrogen-bond donors (Lipinski definition) is 0. The van der Waals surface area contributed by atoms with E-state index in [0.29, 0.717) is 43.9 Å². The van der Waals surface area contributed by atoms with E-state index in [-0.39, 0.29) is 40.6 Å². The Labute approximate surface area is 207 Å².